The molecular formula is C28H35ClN4O3. The quantitative estimate of drug-likeness (QED) is 0.464. The van der Waals surface area contributed by atoms with Crippen LogP contribution in [0.25, 0.3) is 11.1 Å². The highest BCUT2D eigenvalue weighted by atomic mass is 35.5. The summed E-state index contributed by atoms with van der Waals surface area (Å²) in [6.45, 7) is 11.0. The van der Waals surface area contributed by atoms with Gasteiger partial charge in [-0.3, -0.25) is 9.59 Å². The average molecular weight is 511 g/mol. The van der Waals surface area contributed by atoms with Crippen LogP contribution >= 0.6 is 11.6 Å². The number of hydrogen-bond acceptors (Lipinski definition) is 4. The highest BCUT2D eigenvalue weighted by Crippen LogP contribution is 2.34. The summed E-state index contributed by atoms with van der Waals surface area (Å²) in [6.07, 6.45) is 3.78. The molecule has 2 aliphatic rings. The molecule has 0 unspecified atom stereocenters. The molecule has 1 N–H and O–H groups in total. The maximum atomic E-state index is 13.7. The summed E-state index contributed by atoms with van der Waals surface area (Å²) >= 11 is 6.07. The molecule has 2 amide bonds. The first-order valence-electron chi connectivity index (χ1n) is 12.9. The average Bonchev–Trinajstić information content (AvgIpc) is 3.42. The van der Waals surface area contributed by atoms with Gasteiger partial charge in [-0.25, -0.2) is 0 Å². The Kier molecular flexibility index (Phi) is 6.88. The number of hydrogen-bond donors (Lipinski definition) is 1. The third-order valence-electron chi connectivity index (χ3n) is 7.67. The standard InChI is InChI=1S/C28H35ClN4O3/c1-19-13-20(2)16-31(15-19)11-4-10-30-27(35)28(3)18-32-23-9-12-36-25(23)14-24(32)26(34)33(28)17-21-5-7-22(29)8-6-21/h5-9,12,14,19-20H,4,10-11,13,15-18H2,1-3H3,(H,30,35)/t19-,20-,28-/m1/s1. The van der Waals surface area contributed by atoms with Gasteiger partial charge in [-0.1, -0.05) is 37.6 Å². The van der Waals surface area contributed by atoms with Crippen LogP contribution in [0.15, 0.2) is 47.1 Å². The Labute approximate surface area is 217 Å². The van der Waals surface area contributed by atoms with Crippen LogP contribution in [0.1, 0.15) is 49.7 Å². The second kappa shape index (κ2) is 9.94. The van der Waals surface area contributed by atoms with Gasteiger partial charge >= 0.3 is 0 Å². The van der Waals surface area contributed by atoms with E-state index >= 15 is 0 Å². The summed E-state index contributed by atoms with van der Waals surface area (Å²) in [7, 11) is 0. The summed E-state index contributed by atoms with van der Waals surface area (Å²) in [5.41, 5.74) is 1.89. The van der Waals surface area contributed by atoms with Crippen LogP contribution in [0.2, 0.25) is 5.02 Å². The number of likely N-dealkylation sites (tertiary alicyclic amines) is 1. The number of furan rings is 1. The molecule has 1 aromatic carbocycles. The molecule has 4 heterocycles. The van der Waals surface area contributed by atoms with Gasteiger partial charge in [0.05, 0.1) is 18.3 Å². The second-order valence-corrected chi connectivity index (χ2v) is 11.3. The van der Waals surface area contributed by atoms with Crippen LogP contribution in [0.3, 0.4) is 0 Å². The molecule has 2 aromatic heterocycles. The molecule has 0 bridgehead atoms. The van der Waals surface area contributed by atoms with Crippen LogP contribution < -0.4 is 5.32 Å². The predicted octanol–water partition coefficient (Wildman–Crippen LogP) is 4.79. The van der Waals surface area contributed by atoms with E-state index < -0.39 is 5.54 Å². The maximum absolute atomic E-state index is 13.7. The summed E-state index contributed by atoms with van der Waals surface area (Å²) < 4.78 is 7.47. The third kappa shape index (κ3) is 4.78. The van der Waals surface area contributed by atoms with Crippen molar-refractivity contribution in [1.82, 2.24) is 19.7 Å². The highest BCUT2D eigenvalue weighted by Gasteiger charge is 2.47. The van der Waals surface area contributed by atoms with E-state index in [9.17, 15) is 9.59 Å². The van der Waals surface area contributed by atoms with Crippen LogP contribution in [-0.4, -0.2) is 57.9 Å². The maximum Gasteiger partial charge on any atom is 0.271 e. The number of nitrogens with one attached hydrogen (secondary N) is 1. The number of piperidine rings is 1. The summed E-state index contributed by atoms with van der Waals surface area (Å²) in [5, 5.41) is 3.78. The van der Waals surface area contributed by atoms with Crippen LogP contribution in [-0.2, 0) is 17.9 Å². The van der Waals surface area contributed by atoms with E-state index in [1.807, 2.05) is 29.7 Å². The van der Waals surface area contributed by atoms with Gasteiger partial charge in [0.25, 0.3) is 5.91 Å². The first-order valence-corrected chi connectivity index (χ1v) is 13.3. The zero-order valence-electron chi connectivity index (χ0n) is 21.3. The van der Waals surface area contributed by atoms with Gasteiger partial charge in [0.15, 0.2) is 5.58 Å². The van der Waals surface area contributed by atoms with Crippen molar-refractivity contribution >= 4 is 34.5 Å². The Hall–Kier alpha value is -2.77. The molecule has 0 aliphatic carbocycles. The van der Waals surface area contributed by atoms with E-state index in [1.54, 1.807) is 29.4 Å². The highest BCUT2D eigenvalue weighted by molar-refractivity contribution is 6.30. The zero-order valence-corrected chi connectivity index (χ0v) is 22.1. The van der Waals surface area contributed by atoms with Gasteiger partial charge in [-0.05, 0) is 55.8 Å². The Balaban J connectivity index is 1.33. The second-order valence-electron chi connectivity index (χ2n) is 10.9. The van der Waals surface area contributed by atoms with E-state index in [4.69, 9.17) is 16.0 Å². The first-order chi connectivity index (χ1) is 17.2. The van der Waals surface area contributed by atoms with Crippen molar-refractivity contribution in [1.29, 1.82) is 0 Å². The molecule has 2 aliphatic heterocycles. The number of aromatic nitrogens is 1. The third-order valence-corrected chi connectivity index (χ3v) is 7.93. The molecule has 0 radical (unpaired) electrons. The monoisotopic (exact) mass is 510 g/mol. The largest absolute Gasteiger partial charge is 0.463 e. The predicted molar refractivity (Wildman–Crippen MR) is 141 cm³/mol. The normalized spacial score (nSPS) is 24.8. The minimum Gasteiger partial charge on any atom is -0.463 e. The minimum atomic E-state index is -1.05. The minimum absolute atomic E-state index is 0.138. The summed E-state index contributed by atoms with van der Waals surface area (Å²) in [5.74, 6) is 1.11. The van der Waals surface area contributed by atoms with Crippen molar-refractivity contribution in [2.24, 2.45) is 11.8 Å². The van der Waals surface area contributed by atoms with Crippen molar-refractivity contribution in [3.8, 4) is 0 Å². The fraction of sp³-hybridized carbons (Fsp3) is 0.500. The van der Waals surface area contributed by atoms with E-state index in [0.717, 1.165) is 37.1 Å². The molecule has 36 heavy (non-hydrogen) atoms. The fourth-order valence-corrected chi connectivity index (χ4v) is 6.09. The van der Waals surface area contributed by atoms with Crippen molar-refractivity contribution in [3.05, 3.63) is 58.9 Å². The first kappa shape index (κ1) is 24.9. The van der Waals surface area contributed by atoms with Gasteiger partial charge < -0.3 is 24.1 Å². The van der Waals surface area contributed by atoms with Crippen molar-refractivity contribution in [2.45, 2.75) is 52.2 Å². The van der Waals surface area contributed by atoms with Crippen LogP contribution in [0, 0.1) is 11.8 Å². The Morgan fingerprint density at radius 2 is 1.89 bits per heavy atom. The summed E-state index contributed by atoms with van der Waals surface area (Å²) in [6, 6.07) is 11.0. The number of rotatable bonds is 7. The van der Waals surface area contributed by atoms with Gasteiger partial charge in [-0.2, -0.15) is 0 Å². The lowest BCUT2D eigenvalue weighted by atomic mass is 9.92. The topological polar surface area (TPSA) is 70.7 Å². The molecule has 1 saturated heterocycles. The van der Waals surface area contributed by atoms with E-state index in [1.165, 1.54) is 6.42 Å². The number of nitrogens with zero attached hydrogens (tertiary/aromatic N) is 3. The Bertz CT molecular complexity index is 1240. The molecule has 7 nitrogen and oxygen atoms in total. The zero-order chi connectivity index (χ0) is 25.4. The number of fused-ring (bicyclic) bond motifs is 3. The van der Waals surface area contributed by atoms with Crippen LogP contribution in [0.5, 0.6) is 0 Å². The molecule has 0 spiro atoms. The lowest BCUT2D eigenvalue weighted by Crippen LogP contribution is -2.63. The number of carbonyl (C=O) groups is 2. The molecular weight excluding hydrogens is 476 g/mol. The van der Waals surface area contributed by atoms with E-state index in [0.29, 0.717) is 47.8 Å². The van der Waals surface area contributed by atoms with Crippen molar-refractivity contribution in [2.75, 3.05) is 26.2 Å². The molecule has 3 atom stereocenters. The number of benzene rings is 1. The van der Waals surface area contributed by atoms with Crippen molar-refractivity contribution in [3.63, 3.8) is 0 Å². The molecule has 3 aromatic rings. The number of carbonyl (C=O) groups excluding carboxylic acids is 2. The smallest absolute Gasteiger partial charge is 0.271 e. The lowest BCUT2D eigenvalue weighted by molar-refractivity contribution is -0.133. The Morgan fingerprint density at radius 3 is 2.61 bits per heavy atom. The van der Waals surface area contributed by atoms with Crippen LogP contribution in [0.4, 0.5) is 0 Å². The molecule has 8 heteroatoms. The summed E-state index contributed by atoms with van der Waals surface area (Å²) in [4.78, 5) is 31.6. The fourth-order valence-electron chi connectivity index (χ4n) is 5.96. The number of amides is 2. The Morgan fingerprint density at radius 1 is 1.17 bits per heavy atom. The lowest BCUT2D eigenvalue weighted by Gasteiger charge is -2.44. The number of halogens is 1. The molecule has 0 saturated carbocycles. The SMILES string of the molecule is C[C@@H]1C[C@@H](C)CN(CCCNC(=O)[C@@]2(C)Cn3c(cc4occc43)C(=O)N2Cc2ccc(Cl)cc2)C1. The van der Waals surface area contributed by atoms with Gasteiger partial charge in [0, 0.05) is 43.3 Å². The molecule has 1 fully saturated rings. The van der Waals surface area contributed by atoms with Crippen molar-refractivity contribution < 1.29 is 14.0 Å². The van der Waals surface area contributed by atoms with Gasteiger partial charge in [-0.15, -0.1) is 0 Å². The molecule has 192 valence electrons. The van der Waals surface area contributed by atoms with Gasteiger partial charge in [0.1, 0.15) is 11.2 Å². The van der Waals surface area contributed by atoms with Gasteiger partial charge in [0.2, 0.25) is 5.91 Å². The van der Waals surface area contributed by atoms with E-state index in [-0.39, 0.29) is 11.8 Å². The van der Waals surface area contributed by atoms with E-state index in [2.05, 4.69) is 24.1 Å². The molecule has 5 rings (SSSR count).